The van der Waals surface area contributed by atoms with Crippen molar-refractivity contribution in [2.24, 2.45) is 0 Å². The number of nitro benzene ring substituents is 1. The van der Waals surface area contributed by atoms with E-state index in [0.717, 1.165) is 6.07 Å². The number of hydrogen-bond donors (Lipinski definition) is 0. The Morgan fingerprint density at radius 2 is 2.21 bits per heavy atom. The molecule has 0 bridgehead atoms. The molecule has 0 saturated heterocycles. The lowest BCUT2D eigenvalue weighted by atomic mass is 10.3. The number of hydrogen-bond acceptors (Lipinski definition) is 4. The first-order valence-electron chi connectivity index (χ1n) is 3.46. The molecule has 0 heterocycles. The lowest BCUT2D eigenvalue weighted by molar-refractivity contribution is -0.386. The van der Waals surface area contributed by atoms with Crippen molar-refractivity contribution in [3.63, 3.8) is 0 Å². The van der Waals surface area contributed by atoms with Crippen molar-refractivity contribution in [2.45, 2.75) is 4.90 Å². The second-order valence-corrected chi connectivity index (χ2v) is 4.07. The number of halogens is 1. The Balaban J connectivity index is 3.27. The van der Waals surface area contributed by atoms with E-state index in [4.69, 9.17) is 15.4 Å². The van der Waals surface area contributed by atoms with E-state index < -0.39 is 14.9 Å². The molecule has 0 saturated carbocycles. The molecule has 0 aliphatic rings. The van der Waals surface area contributed by atoms with Crippen LogP contribution in [-0.2, 0) is 10.0 Å². The number of methoxy groups -OCH3 is 1. The zero-order chi connectivity index (χ0) is 10.7. The van der Waals surface area contributed by atoms with Gasteiger partial charge in [0, 0.05) is 6.07 Å². The van der Waals surface area contributed by atoms with Gasteiger partial charge in [-0.25, -0.2) is 4.21 Å². The van der Waals surface area contributed by atoms with Gasteiger partial charge in [0.25, 0.3) is 0 Å². The summed E-state index contributed by atoms with van der Waals surface area (Å²) in [5, 5.41) is 10.5. The van der Waals surface area contributed by atoms with Crippen molar-refractivity contribution < 1.29 is 13.9 Å². The lowest BCUT2D eigenvalue weighted by Gasteiger charge is -2.01. The summed E-state index contributed by atoms with van der Waals surface area (Å²) in [5.41, 5.74) is -0.251. The van der Waals surface area contributed by atoms with Crippen molar-refractivity contribution in [2.75, 3.05) is 7.11 Å². The van der Waals surface area contributed by atoms with E-state index in [1.807, 2.05) is 0 Å². The molecule has 0 N–H and O–H groups in total. The largest absolute Gasteiger partial charge is 0.490 e. The molecule has 1 rings (SSSR count). The molecule has 1 aromatic carbocycles. The fraction of sp³-hybridized carbons (Fsp3) is 0.143. The summed E-state index contributed by atoms with van der Waals surface area (Å²) in [4.78, 5) is 10.1. The van der Waals surface area contributed by atoms with E-state index in [1.165, 1.54) is 19.2 Å². The summed E-state index contributed by atoms with van der Waals surface area (Å²) >= 11 is 0. The van der Waals surface area contributed by atoms with Gasteiger partial charge in [0.2, 0.25) is 0 Å². The van der Waals surface area contributed by atoms with Gasteiger partial charge in [0.15, 0.2) is 5.75 Å². The molecule has 0 aromatic heterocycles. The molecule has 0 amide bonds. The second-order valence-electron chi connectivity index (χ2n) is 2.31. The van der Waals surface area contributed by atoms with E-state index in [0.29, 0.717) is 0 Å². The Morgan fingerprint density at radius 1 is 1.57 bits per heavy atom. The highest BCUT2D eigenvalue weighted by Crippen LogP contribution is 2.29. The summed E-state index contributed by atoms with van der Waals surface area (Å²) in [6, 6.07) is 3.89. The zero-order valence-corrected chi connectivity index (χ0v) is 8.67. The van der Waals surface area contributed by atoms with Crippen LogP contribution in [-0.4, -0.2) is 16.2 Å². The fourth-order valence-corrected chi connectivity index (χ4v) is 1.58. The number of nitrogens with zero attached hydrogens (tertiary/aromatic N) is 1. The van der Waals surface area contributed by atoms with Gasteiger partial charge in [-0.1, -0.05) is 0 Å². The van der Waals surface area contributed by atoms with Gasteiger partial charge in [-0.3, -0.25) is 10.1 Å². The molecule has 0 aliphatic carbocycles. The standard InChI is InChI=1S/C7H6ClNO4S/c1-13-7-3-2-5(14(8)12)4-6(7)9(10)11/h2-4H,1H3. The van der Waals surface area contributed by atoms with E-state index >= 15 is 0 Å². The molecule has 0 radical (unpaired) electrons. The molecule has 1 aromatic rings. The molecular weight excluding hydrogens is 230 g/mol. The summed E-state index contributed by atoms with van der Waals surface area (Å²) in [5.74, 6) is 0.112. The minimum absolute atomic E-state index is 0.112. The van der Waals surface area contributed by atoms with Crippen LogP contribution >= 0.6 is 10.7 Å². The highest BCUT2D eigenvalue weighted by Gasteiger charge is 2.16. The predicted molar refractivity (Wildman–Crippen MR) is 51.9 cm³/mol. The van der Waals surface area contributed by atoms with Crippen LogP contribution in [0.4, 0.5) is 5.69 Å². The minimum atomic E-state index is -1.75. The van der Waals surface area contributed by atoms with Crippen LogP contribution in [0, 0.1) is 10.1 Å². The Kier molecular flexibility index (Phi) is 3.43. The third-order valence-corrected chi connectivity index (χ3v) is 2.69. The molecule has 0 spiro atoms. The maximum absolute atomic E-state index is 10.8. The van der Waals surface area contributed by atoms with E-state index in [9.17, 15) is 14.3 Å². The maximum Gasteiger partial charge on any atom is 0.312 e. The SMILES string of the molecule is COc1ccc(S(=O)Cl)cc1[N+](=O)[O-]. The van der Waals surface area contributed by atoms with E-state index in [1.54, 1.807) is 0 Å². The van der Waals surface area contributed by atoms with E-state index in [2.05, 4.69) is 0 Å². The first-order chi connectivity index (χ1) is 6.56. The molecule has 5 nitrogen and oxygen atoms in total. The number of ether oxygens (including phenoxy) is 1. The average molecular weight is 236 g/mol. The first kappa shape index (κ1) is 10.9. The Labute approximate surface area is 86.7 Å². The fourth-order valence-electron chi connectivity index (χ4n) is 0.912. The third-order valence-electron chi connectivity index (χ3n) is 1.53. The smallest absolute Gasteiger partial charge is 0.312 e. The molecule has 14 heavy (non-hydrogen) atoms. The van der Waals surface area contributed by atoms with Gasteiger partial charge in [-0.2, -0.15) is 0 Å². The monoisotopic (exact) mass is 235 g/mol. The summed E-state index contributed by atoms with van der Waals surface area (Å²) in [6.07, 6.45) is 0. The Hall–Kier alpha value is -1.14. The van der Waals surface area contributed by atoms with Crippen LogP contribution in [0.1, 0.15) is 0 Å². The predicted octanol–water partition coefficient (Wildman–Crippen LogP) is 1.86. The van der Waals surface area contributed by atoms with Gasteiger partial charge in [0.1, 0.15) is 10.0 Å². The quantitative estimate of drug-likeness (QED) is 0.456. The van der Waals surface area contributed by atoms with Crippen molar-refractivity contribution >= 4 is 26.4 Å². The highest BCUT2D eigenvalue weighted by molar-refractivity contribution is 8.08. The summed E-state index contributed by atoms with van der Waals surface area (Å²) in [7, 11) is 4.85. The zero-order valence-electron chi connectivity index (χ0n) is 7.10. The van der Waals surface area contributed by atoms with Crippen LogP contribution in [0.25, 0.3) is 0 Å². The number of nitro groups is 1. The van der Waals surface area contributed by atoms with Crippen molar-refractivity contribution in [3.05, 3.63) is 28.3 Å². The van der Waals surface area contributed by atoms with Crippen LogP contribution in [0.3, 0.4) is 0 Å². The van der Waals surface area contributed by atoms with Crippen LogP contribution < -0.4 is 4.74 Å². The van der Waals surface area contributed by atoms with Gasteiger partial charge in [-0.15, -0.1) is 0 Å². The maximum atomic E-state index is 10.8. The molecule has 1 unspecified atom stereocenters. The minimum Gasteiger partial charge on any atom is -0.490 e. The topological polar surface area (TPSA) is 69.4 Å². The third kappa shape index (κ3) is 2.21. The van der Waals surface area contributed by atoms with Crippen LogP contribution in [0.15, 0.2) is 23.1 Å². The van der Waals surface area contributed by atoms with Gasteiger partial charge in [0.05, 0.1) is 16.9 Å². The summed E-state index contributed by atoms with van der Waals surface area (Å²) < 4.78 is 15.6. The van der Waals surface area contributed by atoms with Crippen molar-refractivity contribution in [1.29, 1.82) is 0 Å². The van der Waals surface area contributed by atoms with Gasteiger partial charge >= 0.3 is 5.69 Å². The van der Waals surface area contributed by atoms with Gasteiger partial charge in [-0.05, 0) is 22.8 Å². The number of benzene rings is 1. The average Bonchev–Trinajstić information content (AvgIpc) is 2.16. The summed E-state index contributed by atoms with van der Waals surface area (Å²) in [6.45, 7) is 0. The van der Waals surface area contributed by atoms with Crippen molar-refractivity contribution in [1.82, 2.24) is 0 Å². The molecule has 7 heteroatoms. The molecule has 0 fully saturated rings. The molecule has 0 aliphatic heterocycles. The lowest BCUT2D eigenvalue weighted by Crippen LogP contribution is -1.95. The van der Waals surface area contributed by atoms with Crippen molar-refractivity contribution in [3.8, 4) is 5.75 Å². The first-order valence-corrected chi connectivity index (χ1v) is 5.44. The van der Waals surface area contributed by atoms with Crippen LogP contribution in [0.5, 0.6) is 5.75 Å². The normalized spacial score (nSPS) is 12.1. The highest BCUT2D eigenvalue weighted by atomic mass is 35.7. The van der Waals surface area contributed by atoms with Gasteiger partial charge < -0.3 is 4.74 Å². The Morgan fingerprint density at radius 3 is 2.64 bits per heavy atom. The molecule has 1 atom stereocenters. The molecule has 76 valence electrons. The number of rotatable bonds is 3. The Bertz CT molecular complexity index is 395. The van der Waals surface area contributed by atoms with Crippen LogP contribution in [0.2, 0.25) is 0 Å². The second kappa shape index (κ2) is 4.39. The van der Waals surface area contributed by atoms with E-state index in [-0.39, 0.29) is 16.3 Å². The molecular formula is C7H6ClNO4S.